The predicted octanol–water partition coefficient (Wildman–Crippen LogP) is 3.10. The predicted molar refractivity (Wildman–Crippen MR) is 92.0 cm³/mol. The molecule has 2 rings (SSSR count). The quantitative estimate of drug-likeness (QED) is 0.707. The Bertz CT molecular complexity index is 492. The lowest BCUT2D eigenvalue weighted by molar-refractivity contribution is 0.0956. The topological polar surface area (TPSA) is 67.2 Å². The molecule has 1 saturated carbocycles. The second kappa shape index (κ2) is 7.59. The number of rotatable bonds is 6. The van der Waals surface area contributed by atoms with Crippen molar-refractivity contribution >= 4 is 29.0 Å². The lowest BCUT2D eigenvalue weighted by atomic mass is 10.1. The highest BCUT2D eigenvalue weighted by molar-refractivity contribution is 7.99. The van der Waals surface area contributed by atoms with Crippen LogP contribution in [0.25, 0.3) is 0 Å². The van der Waals surface area contributed by atoms with Crippen LogP contribution in [-0.2, 0) is 0 Å². The fourth-order valence-electron chi connectivity index (χ4n) is 2.80. The van der Waals surface area contributed by atoms with Gasteiger partial charge >= 0.3 is 0 Å². The monoisotopic (exact) mass is 307 g/mol. The van der Waals surface area contributed by atoms with Gasteiger partial charge in [-0.1, -0.05) is 13.3 Å². The molecule has 1 aliphatic carbocycles. The number of amides is 1. The number of nitrogen functional groups attached to an aromatic ring is 1. The van der Waals surface area contributed by atoms with E-state index >= 15 is 0 Å². The van der Waals surface area contributed by atoms with E-state index < -0.39 is 0 Å². The van der Waals surface area contributed by atoms with Crippen molar-refractivity contribution < 1.29 is 4.79 Å². The first-order valence-corrected chi connectivity index (χ1v) is 8.76. The molecule has 0 saturated heterocycles. The summed E-state index contributed by atoms with van der Waals surface area (Å²) in [7, 11) is 0. The van der Waals surface area contributed by atoms with Crippen LogP contribution in [0.4, 0.5) is 11.4 Å². The summed E-state index contributed by atoms with van der Waals surface area (Å²) >= 11 is 2.02. The molecule has 2 unspecified atom stereocenters. The number of benzene rings is 1. The van der Waals surface area contributed by atoms with E-state index in [0.717, 1.165) is 11.4 Å². The molecule has 0 aliphatic heterocycles. The van der Waals surface area contributed by atoms with Crippen LogP contribution in [0.1, 0.15) is 43.5 Å². The molecule has 0 radical (unpaired) electrons. The number of hydrogen-bond donors (Lipinski definition) is 3. The molecule has 21 heavy (non-hydrogen) atoms. The van der Waals surface area contributed by atoms with Gasteiger partial charge in [0.05, 0.1) is 11.4 Å². The van der Waals surface area contributed by atoms with E-state index in [1.165, 1.54) is 19.3 Å². The van der Waals surface area contributed by atoms with Gasteiger partial charge in [0.15, 0.2) is 0 Å². The zero-order valence-electron chi connectivity index (χ0n) is 12.8. The number of hydrogen-bond acceptors (Lipinski definition) is 4. The van der Waals surface area contributed by atoms with Gasteiger partial charge in [-0.25, -0.2) is 0 Å². The summed E-state index contributed by atoms with van der Waals surface area (Å²) < 4.78 is 0. The molecule has 0 heterocycles. The molecule has 2 atom stereocenters. The minimum Gasteiger partial charge on any atom is -0.397 e. The molecule has 1 aromatic rings. The Balaban J connectivity index is 2.05. The van der Waals surface area contributed by atoms with Gasteiger partial charge in [0.1, 0.15) is 0 Å². The number of nitrogens with two attached hydrogens (primary N) is 1. The van der Waals surface area contributed by atoms with Crippen LogP contribution < -0.4 is 16.4 Å². The number of carbonyl (C=O) groups excluding carboxylic acids is 1. The van der Waals surface area contributed by atoms with Crippen LogP contribution in [0, 0.1) is 0 Å². The van der Waals surface area contributed by atoms with Gasteiger partial charge in [0.2, 0.25) is 0 Å². The molecule has 1 aromatic carbocycles. The standard InChI is InChI=1S/C16H25N3OS/c1-3-18-16(20)11-8-9-13(12(17)10-11)19-14-6-5-7-15(14)21-4-2/h8-10,14-15,19H,3-7,17H2,1-2H3,(H,18,20). The van der Waals surface area contributed by atoms with Crippen LogP contribution >= 0.6 is 11.8 Å². The third kappa shape index (κ3) is 4.06. The van der Waals surface area contributed by atoms with Crippen molar-refractivity contribution in [3.8, 4) is 0 Å². The summed E-state index contributed by atoms with van der Waals surface area (Å²) in [4.78, 5) is 11.8. The minimum atomic E-state index is -0.0731. The fourth-order valence-corrected chi connectivity index (χ4v) is 4.00. The van der Waals surface area contributed by atoms with Crippen molar-refractivity contribution in [1.82, 2.24) is 5.32 Å². The van der Waals surface area contributed by atoms with Gasteiger partial charge in [-0.15, -0.1) is 0 Å². The highest BCUT2D eigenvalue weighted by Crippen LogP contribution is 2.33. The first-order valence-electron chi connectivity index (χ1n) is 7.71. The molecule has 1 aliphatic rings. The normalized spacial score (nSPS) is 21.2. The average molecular weight is 307 g/mol. The van der Waals surface area contributed by atoms with Gasteiger partial charge in [0, 0.05) is 23.4 Å². The smallest absolute Gasteiger partial charge is 0.251 e. The number of nitrogens with one attached hydrogen (secondary N) is 2. The van der Waals surface area contributed by atoms with E-state index in [1.54, 1.807) is 6.07 Å². The van der Waals surface area contributed by atoms with Crippen LogP contribution in [0.3, 0.4) is 0 Å². The number of thioether (sulfide) groups is 1. The first-order chi connectivity index (χ1) is 10.2. The van der Waals surface area contributed by atoms with E-state index in [9.17, 15) is 4.79 Å². The van der Waals surface area contributed by atoms with E-state index in [4.69, 9.17) is 5.73 Å². The second-order valence-electron chi connectivity index (χ2n) is 5.34. The van der Waals surface area contributed by atoms with Gasteiger partial charge in [-0.05, 0) is 43.7 Å². The van der Waals surface area contributed by atoms with Crippen molar-refractivity contribution in [1.29, 1.82) is 0 Å². The third-order valence-electron chi connectivity index (χ3n) is 3.83. The summed E-state index contributed by atoms with van der Waals surface area (Å²) in [6, 6.07) is 5.99. The highest BCUT2D eigenvalue weighted by Gasteiger charge is 2.27. The molecular formula is C16H25N3OS. The summed E-state index contributed by atoms with van der Waals surface area (Å²) in [5, 5.41) is 7.02. The Hall–Kier alpha value is -1.36. The van der Waals surface area contributed by atoms with Crippen LogP contribution in [-0.4, -0.2) is 29.5 Å². The molecule has 4 N–H and O–H groups in total. The molecule has 4 nitrogen and oxygen atoms in total. The zero-order valence-corrected chi connectivity index (χ0v) is 13.6. The maximum absolute atomic E-state index is 11.8. The first kappa shape index (κ1) is 16.0. The molecule has 5 heteroatoms. The van der Waals surface area contributed by atoms with E-state index in [0.29, 0.717) is 29.1 Å². The summed E-state index contributed by atoms with van der Waals surface area (Å²) in [5.74, 6) is 1.07. The van der Waals surface area contributed by atoms with Gasteiger partial charge in [0.25, 0.3) is 5.91 Å². The molecule has 1 fully saturated rings. The van der Waals surface area contributed by atoms with Crippen LogP contribution in [0.5, 0.6) is 0 Å². The highest BCUT2D eigenvalue weighted by atomic mass is 32.2. The Morgan fingerprint density at radius 2 is 2.19 bits per heavy atom. The molecule has 0 bridgehead atoms. The fraction of sp³-hybridized carbons (Fsp3) is 0.562. The molecule has 1 amide bonds. The molecule has 116 valence electrons. The van der Waals surface area contributed by atoms with Gasteiger partial charge in [-0.2, -0.15) is 11.8 Å². The number of carbonyl (C=O) groups is 1. The van der Waals surface area contributed by atoms with Crippen molar-refractivity contribution in [2.45, 2.75) is 44.4 Å². The lowest BCUT2D eigenvalue weighted by Gasteiger charge is -2.22. The largest absolute Gasteiger partial charge is 0.397 e. The van der Waals surface area contributed by atoms with Crippen molar-refractivity contribution in [3.63, 3.8) is 0 Å². The van der Waals surface area contributed by atoms with Crippen LogP contribution in [0.2, 0.25) is 0 Å². The Labute approximate surface area is 131 Å². The summed E-state index contributed by atoms with van der Waals surface area (Å²) in [5.41, 5.74) is 8.31. The maximum atomic E-state index is 11.8. The van der Waals surface area contributed by atoms with Gasteiger partial charge < -0.3 is 16.4 Å². The average Bonchev–Trinajstić information content (AvgIpc) is 2.89. The summed E-state index contributed by atoms with van der Waals surface area (Å²) in [6.45, 7) is 4.73. The SMILES string of the molecule is CCNC(=O)c1ccc(NC2CCCC2SCC)c(N)c1. The Kier molecular flexibility index (Phi) is 5.79. The minimum absolute atomic E-state index is 0.0731. The Morgan fingerprint density at radius 1 is 1.38 bits per heavy atom. The van der Waals surface area contributed by atoms with Gasteiger partial charge in [-0.3, -0.25) is 4.79 Å². The molecule has 0 aromatic heterocycles. The van der Waals surface area contributed by atoms with E-state index in [2.05, 4.69) is 17.6 Å². The molecule has 0 spiro atoms. The third-order valence-corrected chi connectivity index (χ3v) is 5.15. The Morgan fingerprint density at radius 3 is 2.86 bits per heavy atom. The van der Waals surface area contributed by atoms with E-state index in [1.807, 2.05) is 30.8 Å². The van der Waals surface area contributed by atoms with Crippen molar-refractivity contribution in [2.24, 2.45) is 0 Å². The van der Waals surface area contributed by atoms with E-state index in [-0.39, 0.29) is 5.91 Å². The maximum Gasteiger partial charge on any atom is 0.251 e. The van der Waals surface area contributed by atoms with Crippen LogP contribution in [0.15, 0.2) is 18.2 Å². The van der Waals surface area contributed by atoms with Crippen molar-refractivity contribution in [3.05, 3.63) is 23.8 Å². The summed E-state index contributed by atoms with van der Waals surface area (Å²) in [6.07, 6.45) is 3.73. The van der Waals surface area contributed by atoms with Crippen molar-refractivity contribution in [2.75, 3.05) is 23.3 Å². The number of anilines is 2. The zero-order chi connectivity index (χ0) is 15.2. The lowest BCUT2D eigenvalue weighted by Crippen LogP contribution is -2.27. The molecular weight excluding hydrogens is 282 g/mol. The second-order valence-corrected chi connectivity index (χ2v) is 6.85.